The highest BCUT2D eigenvalue weighted by Crippen LogP contribution is 2.20. The molecule has 0 saturated carbocycles. The molecule has 1 aromatic heterocycles. The third-order valence-corrected chi connectivity index (χ3v) is 4.84. The van der Waals surface area contributed by atoms with Crippen LogP contribution in [0.2, 0.25) is 0 Å². The van der Waals surface area contributed by atoms with Crippen molar-refractivity contribution in [3.63, 3.8) is 0 Å². The molecule has 0 aliphatic carbocycles. The lowest BCUT2D eigenvalue weighted by Gasteiger charge is -2.18. The standard InChI is InChI=1S/C18H19BrN2O4S/c1-25-17(23)10-15(12-2-4-14(19)5-3-12)21-16(22)6-8-20-18(24)13-7-9-26-11-13/h2-5,7,9,11,15H,6,8,10H2,1H3,(H,20,24)(H,21,22). The van der Waals surface area contributed by atoms with Crippen molar-refractivity contribution in [2.75, 3.05) is 13.7 Å². The van der Waals surface area contributed by atoms with Crippen LogP contribution in [0.25, 0.3) is 0 Å². The van der Waals surface area contributed by atoms with Crippen LogP contribution in [0.3, 0.4) is 0 Å². The number of hydrogen-bond acceptors (Lipinski definition) is 5. The van der Waals surface area contributed by atoms with E-state index in [0.717, 1.165) is 10.0 Å². The molecule has 1 aromatic carbocycles. The fourth-order valence-corrected chi connectivity index (χ4v) is 3.15. The summed E-state index contributed by atoms with van der Waals surface area (Å²) in [6.07, 6.45) is 0.148. The third kappa shape index (κ3) is 6.27. The quantitative estimate of drug-likeness (QED) is 0.620. The number of benzene rings is 1. The second-order valence-corrected chi connectivity index (χ2v) is 7.17. The van der Waals surface area contributed by atoms with E-state index >= 15 is 0 Å². The van der Waals surface area contributed by atoms with Gasteiger partial charge in [0.15, 0.2) is 0 Å². The molecule has 2 aromatic rings. The average molecular weight is 439 g/mol. The zero-order valence-corrected chi connectivity index (χ0v) is 16.6. The summed E-state index contributed by atoms with van der Waals surface area (Å²) >= 11 is 4.79. The largest absolute Gasteiger partial charge is 0.469 e. The molecule has 0 aliphatic rings. The van der Waals surface area contributed by atoms with E-state index in [1.165, 1.54) is 18.4 Å². The Kier molecular flexibility index (Phi) is 7.80. The van der Waals surface area contributed by atoms with Crippen LogP contribution in [0.1, 0.15) is 34.8 Å². The lowest BCUT2D eigenvalue weighted by molar-refractivity contribution is -0.141. The lowest BCUT2D eigenvalue weighted by atomic mass is 10.0. The predicted octanol–water partition coefficient (Wildman–Crippen LogP) is 3.05. The maximum atomic E-state index is 12.2. The fourth-order valence-electron chi connectivity index (χ4n) is 2.25. The van der Waals surface area contributed by atoms with Gasteiger partial charge in [-0.1, -0.05) is 28.1 Å². The molecule has 2 amide bonds. The lowest BCUT2D eigenvalue weighted by Crippen LogP contribution is -2.34. The minimum Gasteiger partial charge on any atom is -0.469 e. The highest BCUT2D eigenvalue weighted by Gasteiger charge is 2.19. The Morgan fingerprint density at radius 1 is 1.19 bits per heavy atom. The van der Waals surface area contributed by atoms with Crippen molar-refractivity contribution in [3.05, 3.63) is 56.7 Å². The molecule has 0 bridgehead atoms. The number of halogens is 1. The van der Waals surface area contributed by atoms with Crippen LogP contribution in [0.5, 0.6) is 0 Å². The first-order valence-electron chi connectivity index (χ1n) is 7.91. The second-order valence-electron chi connectivity index (χ2n) is 5.47. The number of rotatable bonds is 8. The van der Waals surface area contributed by atoms with Gasteiger partial charge in [-0.05, 0) is 29.1 Å². The minimum atomic E-state index is -0.490. The Bertz CT molecular complexity index is 747. The molecule has 0 radical (unpaired) electrons. The number of amides is 2. The first kappa shape index (κ1) is 20.1. The number of ether oxygens (including phenoxy) is 1. The van der Waals surface area contributed by atoms with E-state index in [0.29, 0.717) is 5.56 Å². The van der Waals surface area contributed by atoms with E-state index in [2.05, 4.69) is 26.6 Å². The zero-order valence-electron chi connectivity index (χ0n) is 14.2. The van der Waals surface area contributed by atoms with Gasteiger partial charge < -0.3 is 15.4 Å². The number of carbonyl (C=O) groups is 3. The molecule has 6 nitrogen and oxygen atoms in total. The Morgan fingerprint density at radius 3 is 2.54 bits per heavy atom. The Balaban J connectivity index is 1.89. The minimum absolute atomic E-state index is 0.0329. The van der Waals surface area contributed by atoms with Crippen molar-refractivity contribution in [3.8, 4) is 0 Å². The summed E-state index contributed by atoms with van der Waals surface area (Å²) in [4.78, 5) is 35.7. The predicted molar refractivity (Wildman–Crippen MR) is 103 cm³/mol. The first-order valence-corrected chi connectivity index (χ1v) is 9.65. The number of nitrogens with one attached hydrogen (secondary N) is 2. The molecule has 0 saturated heterocycles. The van der Waals surface area contributed by atoms with Crippen molar-refractivity contribution in [1.29, 1.82) is 0 Å². The van der Waals surface area contributed by atoms with Gasteiger partial charge >= 0.3 is 5.97 Å². The van der Waals surface area contributed by atoms with Gasteiger partial charge in [0.2, 0.25) is 5.91 Å². The van der Waals surface area contributed by atoms with Crippen LogP contribution in [-0.2, 0) is 14.3 Å². The van der Waals surface area contributed by atoms with Crippen LogP contribution in [0.15, 0.2) is 45.6 Å². The summed E-state index contributed by atoms with van der Waals surface area (Å²) in [6, 6.07) is 8.57. The molecular formula is C18H19BrN2O4S. The summed E-state index contributed by atoms with van der Waals surface area (Å²) in [5.41, 5.74) is 1.38. The SMILES string of the molecule is COC(=O)CC(NC(=O)CCNC(=O)c1ccsc1)c1ccc(Br)cc1. The van der Waals surface area contributed by atoms with E-state index in [9.17, 15) is 14.4 Å². The maximum absolute atomic E-state index is 12.2. The summed E-state index contributed by atoms with van der Waals surface area (Å²) in [6.45, 7) is 0.214. The topological polar surface area (TPSA) is 84.5 Å². The molecule has 26 heavy (non-hydrogen) atoms. The smallest absolute Gasteiger partial charge is 0.307 e. The number of carbonyl (C=O) groups excluding carboxylic acids is 3. The summed E-state index contributed by atoms with van der Waals surface area (Å²) in [7, 11) is 1.31. The number of hydrogen-bond donors (Lipinski definition) is 2. The maximum Gasteiger partial charge on any atom is 0.307 e. The fraction of sp³-hybridized carbons (Fsp3) is 0.278. The Hall–Kier alpha value is -2.19. The second kappa shape index (κ2) is 10.1. The number of thiophene rings is 1. The van der Waals surface area contributed by atoms with Crippen molar-refractivity contribution in [2.45, 2.75) is 18.9 Å². The molecule has 1 unspecified atom stereocenters. The van der Waals surface area contributed by atoms with E-state index in [4.69, 9.17) is 4.74 Å². The molecule has 1 atom stereocenters. The molecule has 2 rings (SSSR count). The highest BCUT2D eigenvalue weighted by molar-refractivity contribution is 9.10. The van der Waals surface area contributed by atoms with Crippen LogP contribution < -0.4 is 10.6 Å². The van der Waals surface area contributed by atoms with E-state index in [1.807, 2.05) is 29.6 Å². The molecule has 138 valence electrons. The molecule has 8 heteroatoms. The van der Waals surface area contributed by atoms with Gasteiger partial charge in [-0.25, -0.2) is 0 Å². The van der Waals surface area contributed by atoms with Crippen LogP contribution >= 0.6 is 27.3 Å². The van der Waals surface area contributed by atoms with Crippen molar-refractivity contribution in [1.82, 2.24) is 10.6 Å². The van der Waals surface area contributed by atoms with Gasteiger partial charge in [-0.3, -0.25) is 14.4 Å². The summed E-state index contributed by atoms with van der Waals surface area (Å²) in [5, 5.41) is 9.08. The van der Waals surface area contributed by atoms with Crippen LogP contribution in [-0.4, -0.2) is 31.4 Å². The zero-order chi connectivity index (χ0) is 18.9. The number of esters is 1. The molecule has 0 aliphatic heterocycles. The Labute approximate surface area is 164 Å². The molecular weight excluding hydrogens is 420 g/mol. The molecule has 0 spiro atoms. The Morgan fingerprint density at radius 2 is 1.92 bits per heavy atom. The third-order valence-electron chi connectivity index (χ3n) is 3.63. The molecule has 0 fully saturated rings. The van der Waals surface area contributed by atoms with Crippen molar-refractivity contribution < 1.29 is 19.1 Å². The van der Waals surface area contributed by atoms with Gasteiger partial charge in [0.25, 0.3) is 5.91 Å². The van der Waals surface area contributed by atoms with E-state index in [1.54, 1.807) is 11.4 Å². The monoisotopic (exact) mass is 438 g/mol. The highest BCUT2D eigenvalue weighted by atomic mass is 79.9. The van der Waals surface area contributed by atoms with Crippen LogP contribution in [0, 0.1) is 0 Å². The van der Waals surface area contributed by atoms with E-state index < -0.39 is 12.0 Å². The van der Waals surface area contributed by atoms with Crippen LogP contribution in [0.4, 0.5) is 0 Å². The average Bonchev–Trinajstić information content (AvgIpc) is 3.16. The van der Waals surface area contributed by atoms with Gasteiger partial charge in [0.1, 0.15) is 0 Å². The normalized spacial score (nSPS) is 11.5. The van der Waals surface area contributed by atoms with Gasteiger partial charge in [0.05, 0.1) is 19.6 Å². The van der Waals surface area contributed by atoms with Crippen molar-refractivity contribution in [2.24, 2.45) is 0 Å². The van der Waals surface area contributed by atoms with Gasteiger partial charge in [-0.2, -0.15) is 11.3 Å². The van der Waals surface area contributed by atoms with E-state index in [-0.39, 0.29) is 31.2 Å². The van der Waals surface area contributed by atoms with Gasteiger partial charge in [-0.15, -0.1) is 0 Å². The molecule has 2 N–H and O–H groups in total. The summed E-state index contributed by atoms with van der Waals surface area (Å²) < 4.78 is 5.61. The van der Waals surface area contributed by atoms with Gasteiger partial charge in [0, 0.05) is 28.4 Å². The first-order chi connectivity index (χ1) is 12.5. The van der Waals surface area contributed by atoms with Crippen molar-refractivity contribution >= 4 is 45.1 Å². The number of methoxy groups -OCH3 is 1. The summed E-state index contributed by atoms with van der Waals surface area (Å²) in [5.74, 6) is -0.880. The molecule has 1 heterocycles.